The minimum Gasteiger partial charge on any atom is -0.495 e. The quantitative estimate of drug-likeness (QED) is 0.763. The molecule has 0 aliphatic heterocycles. The van der Waals surface area contributed by atoms with Crippen LogP contribution in [0, 0.1) is 0 Å². The third-order valence-corrected chi connectivity index (χ3v) is 3.20. The maximum absolute atomic E-state index is 12.0. The van der Waals surface area contributed by atoms with Gasteiger partial charge >= 0.3 is 0 Å². The van der Waals surface area contributed by atoms with Crippen LogP contribution in [0.2, 0.25) is 0 Å². The zero-order valence-corrected chi connectivity index (χ0v) is 13.1. The first kappa shape index (κ1) is 16.4. The largest absolute Gasteiger partial charge is 0.495 e. The van der Waals surface area contributed by atoms with Crippen molar-refractivity contribution in [1.82, 2.24) is 5.32 Å². The van der Waals surface area contributed by atoms with Crippen molar-refractivity contribution >= 4 is 23.2 Å². The van der Waals surface area contributed by atoms with Crippen LogP contribution >= 0.6 is 0 Å². The Morgan fingerprint density at radius 3 is 2.39 bits per heavy atom. The number of hydrogen-bond donors (Lipinski definition) is 3. The third-order valence-electron chi connectivity index (χ3n) is 3.20. The Hall–Kier alpha value is -3.02. The van der Waals surface area contributed by atoms with Gasteiger partial charge < -0.3 is 20.7 Å². The molecule has 6 heteroatoms. The number of ether oxygens (including phenoxy) is 1. The second-order valence-electron chi connectivity index (χ2n) is 4.76. The summed E-state index contributed by atoms with van der Waals surface area (Å²) in [4.78, 5) is 23.4. The zero-order chi connectivity index (χ0) is 16.7. The zero-order valence-electron chi connectivity index (χ0n) is 13.1. The Kier molecular flexibility index (Phi) is 5.57. The van der Waals surface area contributed by atoms with Crippen LogP contribution < -0.4 is 20.7 Å². The SMILES string of the molecule is CNC(=O)c1ccc(NC(=O)CNc2ccccc2OC)cc1. The van der Waals surface area contributed by atoms with Gasteiger partial charge in [-0.25, -0.2) is 0 Å². The Balaban J connectivity index is 1.91. The molecule has 0 atom stereocenters. The number of para-hydroxylation sites is 2. The average Bonchev–Trinajstić information content (AvgIpc) is 2.60. The van der Waals surface area contributed by atoms with Crippen molar-refractivity contribution in [2.75, 3.05) is 31.3 Å². The van der Waals surface area contributed by atoms with E-state index in [1.54, 1.807) is 38.4 Å². The van der Waals surface area contributed by atoms with Gasteiger partial charge in [0.05, 0.1) is 19.3 Å². The fraction of sp³-hybridized carbons (Fsp3) is 0.176. The normalized spacial score (nSPS) is 9.83. The summed E-state index contributed by atoms with van der Waals surface area (Å²) in [5, 5.41) is 8.32. The van der Waals surface area contributed by atoms with Crippen LogP contribution in [0.1, 0.15) is 10.4 Å². The first-order valence-corrected chi connectivity index (χ1v) is 7.13. The third kappa shape index (κ3) is 4.47. The molecule has 2 aromatic carbocycles. The summed E-state index contributed by atoms with van der Waals surface area (Å²) >= 11 is 0. The minimum absolute atomic E-state index is 0.109. The maximum Gasteiger partial charge on any atom is 0.251 e. The number of carbonyl (C=O) groups is 2. The first-order chi connectivity index (χ1) is 11.1. The van der Waals surface area contributed by atoms with E-state index in [1.165, 1.54) is 0 Å². The smallest absolute Gasteiger partial charge is 0.251 e. The number of rotatable bonds is 6. The molecular formula is C17H19N3O3. The van der Waals surface area contributed by atoms with Crippen LogP contribution in [-0.4, -0.2) is 32.5 Å². The van der Waals surface area contributed by atoms with Crippen LogP contribution in [0.25, 0.3) is 0 Å². The Bertz CT molecular complexity index is 684. The predicted octanol–water partition coefficient (Wildman–Crippen LogP) is 2.11. The van der Waals surface area contributed by atoms with Gasteiger partial charge in [-0.3, -0.25) is 9.59 Å². The molecular weight excluding hydrogens is 294 g/mol. The molecule has 6 nitrogen and oxygen atoms in total. The summed E-state index contributed by atoms with van der Waals surface area (Å²) in [6.45, 7) is 0.109. The van der Waals surface area contributed by atoms with Gasteiger partial charge in [-0.15, -0.1) is 0 Å². The topological polar surface area (TPSA) is 79.5 Å². The Morgan fingerprint density at radius 2 is 1.74 bits per heavy atom. The van der Waals surface area contributed by atoms with Crippen molar-refractivity contribution in [1.29, 1.82) is 0 Å². The summed E-state index contributed by atoms with van der Waals surface area (Å²) in [6, 6.07) is 14.1. The number of amides is 2. The first-order valence-electron chi connectivity index (χ1n) is 7.13. The van der Waals surface area contributed by atoms with Gasteiger partial charge in [0.2, 0.25) is 5.91 Å². The van der Waals surface area contributed by atoms with Crippen molar-refractivity contribution in [3.63, 3.8) is 0 Å². The molecule has 0 radical (unpaired) electrons. The van der Waals surface area contributed by atoms with Crippen LogP contribution in [0.15, 0.2) is 48.5 Å². The number of benzene rings is 2. The van der Waals surface area contributed by atoms with Gasteiger partial charge in [0.25, 0.3) is 5.91 Å². The highest BCUT2D eigenvalue weighted by molar-refractivity contribution is 5.96. The van der Waals surface area contributed by atoms with E-state index in [0.717, 1.165) is 5.69 Å². The van der Waals surface area contributed by atoms with Crippen LogP contribution in [0.5, 0.6) is 5.75 Å². The Morgan fingerprint density at radius 1 is 1.04 bits per heavy atom. The molecule has 0 aromatic heterocycles. The molecule has 2 aromatic rings. The van der Waals surface area contributed by atoms with E-state index in [9.17, 15) is 9.59 Å². The van der Waals surface area contributed by atoms with E-state index in [-0.39, 0.29) is 18.4 Å². The molecule has 0 fully saturated rings. The highest BCUT2D eigenvalue weighted by Crippen LogP contribution is 2.22. The van der Waals surface area contributed by atoms with Crippen LogP contribution in [-0.2, 0) is 4.79 Å². The van der Waals surface area contributed by atoms with Gasteiger partial charge in [-0.1, -0.05) is 12.1 Å². The van der Waals surface area contributed by atoms with Gasteiger partial charge in [0, 0.05) is 18.3 Å². The number of hydrogen-bond acceptors (Lipinski definition) is 4. The van der Waals surface area contributed by atoms with Crippen molar-refractivity contribution in [3.05, 3.63) is 54.1 Å². The molecule has 3 N–H and O–H groups in total. The van der Waals surface area contributed by atoms with Gasteiger partial charge in [-0.2, -0.15) is 0 Å². The highest BCUT2D eigenvalue weighted by atomic mass is 16.5. The van der Waals surface area contributed by atoms with Crippen LogP contribution in [0.3, 0.4) is 0 Å². The fourth-order valence-corrected chi connectivity index (χ4v) is 2.02. The average molecular weight is 313 g/mol. The second-order valence-corrected chi connectivity index (χ2v) is 4.76. The van der Waals surface area contributed by atoms with E-state index in [4.69, 9.17) is 4.74 Å². The van der Waals surface area contributed by atoms with E-state index in [1.807, 2.05) is 24.3 Å². The number of anilines is 2. The Labute approximate surface area is 134 Å². The molecule has 0 aliphatic rings. The van der Waals surface area contributed by atoms with Crippen molar-refractivity contribution < 1.29 is 14.3 Å². The lowest BCUT2D eigenvalue weighted by atomic mass is 10.2. The lowest BCUT2D eigenvalue weighted by Gasteiger charge is -2.11. The summed E-state index contributed by atoms with van der Waals surface area (Å²) < 4.78 is 5.21. The van der Waals surface area contributed by atoms with Gasteiger partial charge in [0.1, 0.15) is 5.75 Å². The molecule has 0 aliphatic carbocycles. The molecule has 0 unspecified atom stereocenters. The molecule has 23 heavy (non-hydrogen) atoms. The van der Waals surface area contributed by atoms with Gasteiger partial charge in [-0.05, 0) is 36.4 Å². The summed E-state index contributed by atoms with van der Waals surface area (Å²) in [7, 11) is 3.15. The van der Waals surface area contributed by atoms with Crippen molar-refractivity contribution in [2.45, 2.75) is 0 Å². The van der Waals surface area contributed by atoms with Crippen LogP contribution in [0.4, 0.5) is 11.4 Å². The predicted molar refractivity (Wildman–Crippen MR) is 89.9 cm³/mol. The van der Waals surface area contributed by atoms with E-state index in [0.29, 0.717) is 17.0 Å². The highest BCUT2D eigenvalue weighted by Gasteiger charge is 2.06. The monoisotopic (exact) mass is 313 g/mol. The number of carbonyl (C=O) groups excluding carboxylic acids is 2. The van der Waals surface area contributed by atoms with E-state index in [2.05, 4.69) is 16.0 Å². The number of nitrogens with one attached hydrogen (secondary N) is 3. The number of methoxy groups -OCH3 is 1. The van der Waals surface area contributed by atoms with Crippen molar-refractivity contribution in [3.8, 4) is 5.75 Å². The van der Waals surface area contributed by atoms with Crippen molar-refractivity contribution in [2.24, 2.45) is 0 Å². The summed E-state index contributed by atoms with van der Waals surface area (Å²) in [5.74, 6) is 0.319. The fourth-order valence-electron chi connectivity index (χ4n) is 2.02. The molecule has 0 heterocycles. The lowest BCUT2D eigenvalue weighted by Crippen LogP contribution is -2.22. The van der Waals surface area contributed by atoms with E-state index < -0.39 is 0 Å². The molecule has 0 spiro atoms. The van der Waals surface area contributed by atoms with Gasteiger partial charge in [0.15, 0.2) is 0 Å². The molecule has 0 bridgehead atoms. The molecule has 2 rings (SSSR count). The lowest BCUT2D eigenvalue weighted by molar-refractivity contribution is -0.114. The standard InChI is InChI=1S/C17H19N3O3/c1-18-17(22)12-7-9-13(10-8-12)20-16(21)11-19-14-5-3-4-6-15(14)23-2/h3-10,19H,11H2,1-2H3,(H,18,22)(H,20,21). The second kappa shape index (κ2) is 7.84. The molecule has 0 saturated heterocycles. The molecule has 2 amide bonds. The minimum atomic E-state index is -0.191. The molecule has 120 valence electrons. The summed E-state index contributed by atoms with van der Waals surface area (Å²) in [6.07, 6.45) is 0. The van der Waals surface area contributed by atoms with E-state index >= 15 is 0 Å². The maximum atomic E-state index is 12.0. The summed E-state index contributed by atoms with van der Waals surface area (Å²) in [5.41, 5.74) is 1.92. The molecule has 0 saturated carbocycles.